The number of hydrogen-bond donors (Lipinski definition) is 2. The molecule has 4 rings (SSSR count). The molecular weight excluding hydrogens is 380 g/mol. The summed E-state index contributed by atoms with van der Waals surface area (Å²) in [7, 11) is -3.82. The summed E-state index contributed by atoms with van der Waals surface area (Å²) in [6.45, 7) is 0. The van der Waals surface area contributed by atoms with E-state index in [9.17, 15) is 8.42 Å². The van der Waals surface area contributed by atoms with Crippen molar-refractivity contribution in [3.05, 3.63) is 114 Å². The van der Waals surface area contributed by atoms with Gasteiger partial charge in [-0.15, -0.1) is 0 Å². The molecule has 0 aliphatic rings. The third kappa shape index (κ3) is 4.07. The molecule has 0 radical (unpaired) electrons. The maximum atomic E-state index is 13.4. The van der Waals surface area contributed by atoms with Gasteiger partial charge in [0.2, 0.25) is 10.0 Å². The van der Waals surface area contributed by atoms with Crippen LogP contribution in [0.1, 0.15) is 23.2 Å². The van der Waals surface area contributed by atoms with Crippen LogP contribution in [0.4, 0.5) is 0 Å². The van der Waals surface area contributed by atoms with Gasteiger partial charge in [-0.1, -0.05) is 97.1 Å². The minimum atomic E-state index is -3.82. The van der Waals surface area contributed by atoms with Crippen molar-refractivity contribution < 1.29 is 8.42 Å². The van der Waals surface area contributed by atoms with Crippen LogP contribution in [-0.2, 0) is 10.0 Å². The van der Waals surface area contributed by atoms with Gasteiger partial charge >= 0.3 is 0 Å². The van der Waals surface area contributed by atoms with Crippen molar-refractivity contribution >= 4 is 20.8 Å². The lowest BCUT2D eigenvalue weighted by molar-refractivity contribution is 0.504. The van der Waals surface area contributed by atoms with E-state index >= 15 is 0 Å². The highest BCUT2D eigenvalue weighted by Crippen LogP contribution is 2.30. The molecule has 4 aromatic carbocycles. The van der Waals surface area contributed by atoms with Crippen molar-refractivity contribution in [2.45, 2.75) is 17.0 Å². The highest BCUT2D eigenvalue weighted by molar-refractivity contribution is 7.89. The molecular formula is C24H22N2O2S. The number of nitrogens with one attached hydrogen (secondary N) is 1. The van der Waals surface area contributed by atoms with E-state index in [2.05, 4.69) is 4.72 Å². The fourth-order valence-electron chi connectivity index (χ4n) is 3.54. The molecule has 0 bridgehead atoms. The molecule has 0 amide bonds. The monoisotopic (exact) mass is 402 g/mol. The predicted molar refractivity (Wildman–Crippen MR) is 117 cm³/mol. The Hall–Kier alpha value is -2.99. The van der Waals surface area contributed by atoms with Crippen molar-refractivity contribution in [3.8, 4) is 0 Å². The fraction of sp³-hybridized carbons (Fsp3) is 0.0833. The predicted octanol–water partition coefficient (Wildman–Crippen LogP) is 4.56. The number of fused-ring (bicyclic) bond motifs is 1. The van der Waals surface area contributed by atoms with Gasteiger partial charge in [-0.2, -0.15) is 0 Å². The summed E-state index contributed by atoms with van der Waals surface area (Å²) >= 11 is 0. The SMILES string of the molecule is N[C@H](c1ccccc1)[C@@H](NS(=O)(=O)c1cccc2ccccc12)c1ccccc1. The molecule has 0 heterocycles. The Bertz CT molecular complexity index is 1200. The molecule has 0 aliphatic carbocycles. The Morgan fingerprint density at radius 1 is 0.655 bits per heavy atom. The van der Waals surface area contributed by atoms with E-state index in [1.807, 2.05) is 91.0 Å². The van der Waals surface area contributed by atoms with Gasteiger partial charge in [-0.25, -0.2) is 13.1 Å². The van der Waals surface area contributed by atoms with Crippen molar-refractivity contribution in [2.24, 2.45) is 5.73 Å². The van der Waals surface area contributed by atoms with Gasteiger partial charge in [0.05, 0.1) is 17.0 Å². The van der Waals surface area contributed by atoms with E-state index in [0.717, 1.165) is 16.5 Å². The molecule has 0 saturated carbocycles. The molecule has 0 fully saturated rings. The summed E-state index contributed by atoms with van der Waals surface area (Å²) in [6.07, 6.45) is 0. The molecule has 0 aliphatic heterocycles. The number of hydrogen-bond acceptors (Lipinski definition) is 3. The van der Waals surface area contributed by atoms with Crippen LogP contribution < -0.4 is 10.5 Å². The van der Waals surface area contributed by atoms with Gasteiger partial charge in [0.25, 0.3) is 0 Å². The average Bonchev–Trinajstić information content (AvgIpc) is 2.78. The van der Waals surface area contributed by atoms with Gasteiger partial charge in [0.1, 0.15) is 0 Å². The van der Waals surface area contributed by atoms with Gasteiger partial charge < -0.3 is 5.73 Å². The van der Waals surface area contributed by atoms with Gasteiger partial charge in [-0.3, -0.25) is 0 Å². The number of sulfonamides is 1. The Labute approximate surface area is 171 Å². The van der Waals surface area contributed by atoms with E-state index in [-0.39, 0.29) is 4.90 Å². The van der Waals surface area contributed by atoms with Gasteiger partial charge in [0, 0.05) is 5.39 Å². The first-order valence-electron chi connectivity index (χ1n) is 9.42. The van der Waals surface area contributed by atoms with Crippen molar-refractivity contribution in [1.29, 1.82) is 0 Å². The standard InChI is InChI=1S/C24H22N2O2S/c25-23(19-11-3-1-4-12-19)24(20-13-5-2-6-14-20)26-29(27,28)22-17-9-15-18-10-7-8-16-21(18)22/h1-17,23-24,26H,25H2/t23-,24+/m1/s1. The molecule has 0 aromatic heterocycles. The third-order valence-corrected chi connectivity index (χ3v) is 6.52. The number of benzene rings is 4. The Kier molecular flexibility index (Phi) is 5.45. The van der Waals surface area contributed by atoms with E-state index in [1.54, 1.807) is 12.1 Å². The van der Waals surface area contributed by atoms with Crippen LogP contribution in [-0.4, -0.2) is 8.42 Å². The van der Waals surface area contributed by atoms with Crippen LogP contribution in [0.3, 0.4) is 0 Å². The quantitative estimate of drug-likeness (QED) is 0.497. The molecule has 3 N–H and O–H groups in total. The van der Waals surface area contributed by atoms with Crippen LogP contribution in [0.15, 0.2) is 108 Å². The minimum Gasteiger partial charge on any atom is -0.322 e. The summed E-state index contributed by atoms with van der Waals surface area (Å²) in [5, 5.41) is 1.56. The summed E-state index contributed by atoms with van der Waals surface area (Å²) < 4.78 is 29.7. The zero-order chi connectivity index (χ0) is 20.3. The average molecular weight is 403 g/mol. The lowest BCUT2D eigenvalue weighted by Crippen LogP contribution is -2.36. The van der Waals surface area contributed by atoms with E-state index in [0.29, 0.717) is 5.39 Å². The first-order chi connectivity index (χ1) is 14.1. The van der Waals surface area contributed by atoms with Gasteiger partial charge in [0.15, 0.2) is 0 Å². The number of nitrogens with two attached hydrogens (primary N) is 1. The Morgan fingerprint density at radius 2 is 1.21 bits per heavy atom. The normalized spacial score (nSPS) is 13.8. The maximum absolute atomic E-state index is 13.4. The summed E-state index contributed by atoms with van der Waals surface area (Å²) in [4.78, 5) is 0.247. The molecule has 0 spiro atoms. The molecule has 29 heavy (non-hydrogen) atoms. The smallest absolute Gasteiger partial charge is 0.241 e. The third-order valence-electron chi connectivity index (χ3n) is 5.02. The molecule has 0 saturated heterocycles. The van der Waals surface area contributed by atoms with E-state index in [1.165, 1.54) is 0 Å². The van der Waals surface area contributed by atoms with Crippen LogP contribution in [0.2, 0.25) is 0 Å². The maximum Gasteiger partial charge on any atom is 0.241 e. The molecule has 146 valence electrons. The summed E-state index contributed by atoms with van der Waals surface area (Å²) in [5.41, 5.74) is 8.22. The second kappa shape index (κ2) is 8.17. The molecule has 4 aromatic rings. The molecule has 5 heteroatoms. The van der Waals surface area contributed by atoms with Crippen LogP contribution in [0, 0.1) is 0 Å². The Balaban J connectivity index is 1.77. The minimum absolute atomic E-state index is 0.247. The van der Waals surface area contributed by atoms with Crippen molar-refractivity contribution in [2.75, 3.05) is 0 Å². The topological polar surface area (TPSA) is 72.2 Å². The van der Waals surface area contributed by atoms with Gasteiger partial charge in [-0.05, 0) is 22.6 Å². The van der Waals surface area contributed by atoms with Crippen molar-refractivity contribution in [3.63, 3.8) is 0 Å². The first kappa shape index (κ1) is 19.3. The van der Waals surface area contributed by atoms with Crippen LogP contribution in [0.5, 0.6) is 0 Å². The van der Waals surface area contributed by atoms with Crippen LogP contribution in [0.25, 0.3) is 10.8 Å². The highest BCUT2D eigenvalue weighted by atomic mass is 32.2. The highest BCUT2D eigenvalue weighted by Gasteiger charge is 2.28. The molecule has 0 unspecified atom stereocenters. The van der Waals surface area contributed by atoms with E-state index < -0.39 is 22.1 Å². The van der Waals surface area contributed by atoms with Crippen LogP contribution >= 0.6 is 0 Å². The fourth-order valence-corrected chi connectivity index (χ4v) is 5.01. The Morgan fingerprint density at radius 3 is 1.90 bits per heavy atom. The second-order valence-electron chi connectivity index (χ2n) is 6.92. The zero-order valence-electron chi connectivity index (χ0n) is 15.8. The first-order valence-corrected chi connectivity index (χ1v) is 10.9. The number of rotatable bonds is 6. The summed E-state index contributed by atoms with van der Waals surface area (Å²) in [5.74, 6) is 0. The largest absolute Gasteiger partial charge is 0.322 e. The lowest BCUT2D eigenvalue weighted by atomic mass is 9.95. The molecule has 4 nitrogen and oxygen atoms in total. The van der Waals surface area contributed by atoms with E-state index in [4.69, 9.17) is 5.73 Å². The molecule has 2 atom stereocenters. The zero-order valence-corrected chi connectivity index (χ0v) is 16.6. The summed E-state index contributed by atoms with van der Waals surface area (Å²) in [6, 6.07) is 30.6. The lowest BCUT2D eigenvalue weighted by Gasteiger charge is -2.26. The van der Waals surface area contributed by atoms with Crippen molar-refractivity contribution in [1.82, 2.24) is 4.72 Å². The second-order valence-corrected chi connectivity index (χ2v) is 8.61.